The summed E-state index contributed by atoms with van der Waals surface area (Å²) in [6.45, 7) is 1.39. The number of halogens is 3. The number of hydrogen-bond donors (Lipinski definition) is 1. The highest BCUT2D eigenvalue weighted by molar-refractivity contribution is 6.01. The van der Waals surface area contributed by atoms with Crippen LogP contribution >= 0.6 is 0 Å². The third-order valence-corrected chi connectivity index (χ3v) is 1.18. The van der Waals surface area contributed by atoms with Crippen molar-refractivity contribution in [3.05, 3.63) is 6.42 Å². The highest BCUT2D eigenvalue weighted by atomic mass is 19.4. The number of carbonyl (C=O) groups excluding carboxylic acids is 1. The van der Waals surface area contributed by atoms with Gasteiger partial charge in [0, 0.05) is 4.99 Å². The molecule has 0 bridgehead atoms. The molecule has 0 aromatic heterocycles. The Hall–Kier alpha value is -1.07. The Morgan fingerprint density at radius 3 is 2.58 bits per heavy atom. The van der Waals surface area contributed by atoms with Crippen molar-refractivity contribution < 1.29 is 18.0 Å². The average molecular weight is 178 g/mol. The van der Waals surface area contributed by atoms with Gasteiger partial charge >= 0.3 is 17.9 Å². The predicted octanol–water partition coefficient (Wildman–Crippen LogP) is -0.117. The Kier molecular flexibility index (Phi) is 2.08. The second kappa shape index (κ2) is 2.76. The molecule has 0 aromatic carbocycles. The molecule has 1 aliphatic heterocycles. The molecule has 1 atom stereocenters. The highest BCUT2D eigenvalue weighted by Crippen LogP contribution is 2.16. The van der Waals surface area contributed by atoms with Crippen molar-refractivity contribution in [3.8, 4) is 0 Å². The first-order valence-corrected chi connectivity index (χ1v) is 3.12. The van der Waals surface area contributed by atoms with E-state index in [1.54, 1.807) is 0 Å². The Morgan fingerprint density at radius 2 is 2.17 bits per heavy atom. The molecule has 12 heavy (non-hydrogen) atoms. The van der Waals surface area contributed by atoms with Gasteiger partial charge in [-0.1, -0.05) is 0 Å². The number of rotatable bonds is 0. The summed E-state index contributed by atoms with van der Waals surface area (Å²) in [6.07, 6.45) is -2.45. The van der Waals surface area contributed by atoms with E-state index in [9.17, 15) is 18.0 Å². The largest absolute Gasteiger partial charge is 0.498 e. The van der Waals surface area contributed by atoms with Crippen LogP contribution in [0.4, 0.5) is 13.2 Å². The lowest BCUT2D eigenvalue weighted by Crippen LogP contribution is -2.51. The van der Waals surface area contributed by atoms with Crippen LogP contribution in [0.3, 0.4) is 0 Å². The van der Waals surface area contributed by atoms with Crippen molar-refractivity contribution in [3.63, 3.8) is 0 Å². The minimum Gasteiger partial charge on any atom is -0.263 e. The minimum absolute atomic E-state index is 0.744. The molecule has 1 rings (SSSR count). The zero-order valence-electron chi connectivity index (χ0n) is 6.07. The number of carbonyl (C=O) groups is 1. The molecule has 0 fully saturated rings. The predicted molar refractivity (Wildman–Crippen MR) is 34.0 cm³/mol. The topological polar surface area (TPSA) is 43.2 Å². The van der Waals surface area contributed by atoms with E-state index in [1.165, 1.54) is 6.92 Å². The van der Waals surface area contributed by atoms with Crippen LogP contribution in [-0.4, -0.2) is 24.0 Å². The lowest BCUT2D eigenvalue weighted by molar-refractivity contribution is -0.118. The molecule has 1 aliphatic rings. The summed E-state index contributed by atoms with van der Waals surface area (Å²) in [7, 11) is 0. The van der Waals surface area contributed by atoms with Crippen molar-refractivity contribution in [2.45, 2.75) is 19.1 Å². The summed E-state index contributed by atoms with van der Waals surface area (Å²) in [5.74, 6) is -2.23. The fraction of sp³-hybridized carbons (Fsp3) is 0.500. The van der Waals surface area contributed by atoms with E-state index in [0.29, 0.717) is 0 Å². The van der Waals surface area contributed by atoms with Crippen LogP contribution in [0, 0.1) is 6.42 Å². The molecule has 1 amide bonds. The molecule has 0 spiro atoms. The maximum atomic E-state index is 11.9. The van der Waals surface area contributed by atoms with Gasteiger partial charge in [0.1, 0.15) is 6.04 Å². The normalized spacial score (nSPS) is 24.8. The van der Waals surface area contributed by atoms with Crippen molar-refractivity contribution in [2.24, 2.45) is 0 Å². The Balaban J connectivity index is 2.84. The third kappa shape index (κ3) is 1.96. The maximum Gasteiger partial charge on any atom is 0.498 e. The molecule has 1 N–H and O–H groups in total. The number of amides is 1. The van der Waals surface area contributed by atoms with Gasteiger partial charge < -0.3 is 0 Å². The first-order chi connectivity index (χ1) is 5.39. The number of nitrogens with zero attached hydrogens (tertiary/aromatic N) is 1. The van der Waals surface area contributed by atoms with Gasteiger partial charge in [0.25, 0.3) is 0 Å². The van der Waals surface area contributed by atoms with Gasteiger partial charge in [-0.25, -0.2) is 4.79 Å². The summed E-state index contributed by atoms with van der Waals surface area (Å²) < 4.78 is 35.7. The quantitative estimate of drug-likeness (QED) is 0.562. The zero-order valence-corrected chi connectivity index (χ0v) is 6.07. The Labute approximate surface area is 66.7 Å². The van der Waals surface area contributed by atoms with Gasteiger partial charge in [-0.3, -0.25) is 5.32 Å². The van der Waals surface area contributed by atoms with Gasteiger partial charge in [-0.2, -0.15) is 13.2 Å². The fourth-order valence-corrected chi connectivity index (χ4v) is 0.738. The summed E-state index contributed by atoms with van der Waals surface area (Å²) in [5.41, 5.74) is 0. The van der Waals surface area contributed by atoms with Crippen LogP contribution in [0.5, 0.6) is 0 Å². The Morgan fingerprint density at radius 1 is 1.58 bits per heavy atom. The van der Waals surface area contributed by atoms with Crippen LogP contribution in [0.1, 0.15) is 6.92 Å². The first kappa shape index (κ1) is 9.02. The van der Waals surface area contributed by atoms with E-state index in [1.807, 2.05) is 5.32 Å². The second-order valence-electron chi connectivity index (χ2n) is 2.27. The lowest BCUT2D eigenvalue weighted by atomic mass is 10.2. The number of aliphatic imine (C=N–C) groups is 1. The lowest BCUT2D eigenvalue weighted by Gasteiger charge is -2.11. The Bertz CT molecular complexity index is 233. The molecule has 6 heteroatoms. The van der Waals surface area contributed by atoms with Crippen LogP contribution in [-0.2, 0) is 4.79 Å². The van der Waals surface area contributed by atoms with Gasteiger partial charge in [-0.05, 0) is 6.92 Å². The van der Waals surface area contributed by atoms with Crippen molar-refractivity contribution in [2.75, 3.05) is 0 Å². The molecule has 3 radical (unpaired) electrons. The van der Waals surface area contributed by atoms with E-state index in [0.717, 1.165) is 0 Å². The van der Waals surface area contributed by atoms with Crippen LogP contribution in [0.15, 0.2) is 0 Å². The van der Waals surface area contributed by atoms with Crippen LogP contribution in [0.25, 0.3) is 0 Å². The fourth-order valence-electron chi connectivity index (χ4n) is 0.738. The summed E-state index contributed by atoms with van der Waals surface area (Å²) in [6, 6.07) is -0.744. The van der Waals surface area contributed by atoms with Crippen molar-refractivity contribution in [1.82, 2.24) is 10.3 Å². The van der Waals surface area contributed by atoms with E-state index in [2.05, 4.69) is 11.4 Å². The van der Waals surface area contributed by atoms with Gasteiger partial charge in [0.05, 0.1) is 0 Å². The van der Waals surface area contributed by atoms with Gasteiger partial charge in [0.15, 0.2) is 6.42 Å². The highest BCUT2D eigenvalue weighted by Gasteiger charge is 2.48. The molecule has 0 aromatic rings. The molecular formula is C6H5F3N2O+. The minimum atomic E-state index is -4.59. The molecule has 1 heterocycles. The number of hydrogen-bond acceptors (Lipinski definition) is 2. The van der Waals surface area contributed by atoms with E-state index in [4.69, 9.17) is 0 Å². The summed E-state index contributed by atoms with van der Waals surface area (Å²) in [4.78, 5) is 13.2. The number of nitrogens with one attached hydrogen (secondary N) is 1. The maximum absolute atomic E-state index is 11.9. The molecule has 3 nitrogen and oxygen atoms in total. The van der Waals surface area contributed by atoms with Gasteiger partial charge in [0.2, 0.25) is 0 Å². The SMILES string of the molecule is CC1[C]C(=O)[N+]=C(C(F)(F)F)N1. The average Bonchev–Trinajstić information content (AvgIpc) is 1.82. The summed E-state index contributed by atoms with van der Waals surface area (Å²) in [5, 5.41) is 1.98. The number of alkyl halides is 3. The molecule has 0 saturated heterocycles. The standard InChI is InChI=1S/C6H5F3N2O/c1-3-2-4(12)11-5(10-3)6(7,8)9/h3,10H,1H3/q+1. The number of amidine groups is 1. The molecule has 1 unspecified atom stereocenters. The molecule has 0 saturated carbocycles. The van der Waals surface area contributed by atoms with Crippen molar-refractivity contribution in [1.29, 1.82) is 0 Å². The van der Waals surface area contributed by atoms with Gasteiger partial charge in [-0.15, -0.1) is 0 Å². The third-order valence-electron chi connectivity index (χ3n) is 1.18. The van der Waals surface area contributed by atoms with E-state index < -0.39 is 24.0 Å². The monoisotopic (exact) mass is 178 g/mol. The van der Waals surface area contributed by atoms with Crippen LogP contribution in [0.2, 0.25) is 0 Å². The van der Waals surface area contributed by atoms with E-state index >= 15 is 0 Å². The van der Waals surface area contributed by atoms with Crippen molar-refractivity contribution >= 4 is 11.7 Å². The van der Waals surface area contributed by atoms with E-state index in [-0.39, 0.29) is 0 Å². The smallest absolute Gasteiger partial charge is 0.263 e. The molecule has 0 aliphatic carbocycles. The summed E-state index contributed by atoms with van der Waals surface area (Å²) >= 11 is 0. The first-order valence-electron chi connectivity index (χ1n) is 3.12. The second-order valence-corrected chi connectivity index (χ2v) is 2.27. The molecule has 65 valence electrons. The molecular weight excluding hydrogens is 173 g/mol. The van der Waals surface area contributed by atoms with Crippen LogP contribution < -0.4 is 10.3 Å². The zero-order chi connectivity index (χ0) is 9.35.